The molecule has 110 valence electrons. The van der Waals surface area contributed by atoms with Crippen LogP contribution in [0.15, 0.2) is 18.2 Å². The van der Waals surface area contributed by atoms with Gasteiger partial charge in [-0.05, 0) is 25.5 Å². The number of carbonyl (C=O) groups excluding carboxylic acids is 1. The van der Waals surface area contributed by atoms with Crippen LogP contribution in [0.25, 0.3) is 0 Å². The van der Waals surface area contributed by atoms with Gasteiger partial charge in [0, 0.05) is 6.04 Å². The van der Waals surface area contributed by atoms with Gasteiger partial charge in [0.05, 0.1) is 11.3 Å². The highest BCUT2D eigenvalue weighted by atomic mass is 19.1. The van der Waals surface area contributed by atoms with Gasteiger partial charge in [0.2, 0.25) is 0 Å². The maximum absolute atomic E-state index is 13.6. The molecule has 1 aromatic carbocycles. The van der Waals surface area contributed by atoms with E-state index >= 15 is 0 Å². The molecular formula is C14H19FN2O3. The molecule has 0 saturated carbocycles. The summed E-state index contributed by atoms with van der Waals surface area (Å²) in [6.07, 6.45) is 2.80. The molecule has 0 heterocycles. The molecule has 0 saturated heterocycles. The van der Waals surface area contributed by atoms with E-state index < -0.39 is 17.8 Å². The van der Waals surface area contributed by atoms with E-state index in [1.54, 1.807) is 0 Å². The average molecular weight is 282 g/mol. The van der Waals surface area contributed by atoms with Crippen molar-refractivity contribution >= 4 is 17.7 Å². The zero-order valence-corrected chi connectivity index (χ0v) is 11.6. The number of benzene rings is 1. The fraction of sp³-hybridized carbons (Fsp3) is 0.429. The van der Waals surface area contributed by atoms with Crippen LogP contribution >= 0.6 is 0 Å². The third-order valence-electron chi connectivity index (χ3n) is 2.85. The maximum atomic E-state index is 13.6. The number of halogens is 1. The predicted molar refractivity (Wildman–Crippen MR) is 74.5 cm³/mol. The number of nitrogens with one attached hydrogen (secondary N) is 2. The molecule has 0 radical (unpaired) electrons. The monoisotopic (exact) mass is 282 g/mol. The van der Waals surface area contributed by atoms with Gasteiger partial charge in [-0.3, -0.25) is 0 Å². The lowest BCUT2D eigenvalue weighted by Crippen LogP contribution is -2.36. The Morgan fingerprint density at radius 3 is 2.70 bits per heavy atom. The molecule has 20 heavy (non-hydrogen) atoms. The highest BCUT2D eigenvalue weighted by molar-refractivity contribution is 6.00. The number of anilines is 1. The van der Waals surface area contributed by atoms with Crippen LogP contribution in [0.4, 0.5) is 14.9 Å². The largest absolute Gasteiger partial charge is 0.478 e. The van der Waals surface area contributed by atoms with E-state index in [9.17, 15) is 14.0 Å². The first kappa shape index (κ1) is 15.9. The van der Waals surface area contributed by atoms with Crippen LogP contribution in [-0.2, 0) is 0 Å². The zero-order valence-electron chi connectivity index (χ0n) is 11.6. The van der Waals surface area contributed by atoms with Gasteiger partial charge in [0.25, 0.3) is 0 Å². The molecule has 5 nitrogen and oxygen atoms in total. The fourth-order valence-corrected chi connectivity index (χ4v) is 1.79. The lowest BCUT2D eigenvalue weighted by Gasteiger charge is -2.15. The zero-order chi connectivity index (χ0) is 15.1. The summed E-state index contributed by atoms with van der Waals surface area (Å²) in [6.45, 7) is 3.89. The smallest absolute Gasteiger partial charge is 0.337 e. The van der Waals surface area contributed by atoms with E-state index in [2.05, 4.69) is 10.6 Å². The Kier molecular flexibility index (Phi) is 5.96. The molecule has 1 atom stereocenters. The van der Waals surface area contributed by atoms with Gasteiger partial charge in [-0.15, -0.1) is 0 Å². The number of aromatic carboxylic acids is 1. The second-order valence-electron chi connectivity index (χ2n) is 4.61. The third kappa shape index (κ3) is 4.53. The van der Waals surface area contributed by atoms with E-state index in [4.69, 9.17) is 5.11 Å². The van der Waals surface area contributed by atoms with Crippen LogP contribution in [0.3, 0.4) is 0 Å². The first-order valence-electron chi connectivity index (χ1n) is 6.55. The number of amides is 2. The van der Waals surface area contributed by atoms with Crippen molar-refractivity contribution in [3.63, 3.8) is 0 Å². The average Bonchev–Trinajstić information content (AvgIpc) is 2.38. The summed E-state index contributed by atoms with van der Waals surface area (Å²) < 4.78 is 13.6. The van der Waals surface area contributed by atoms with Crippen molar-refractivity contribution < 1.29 is 19.1 Å². The van der Waals surface area contributed by atoms with Crippen LogP contribution in [0.5, 0.6) is 0 Å². The normalized spacial score (nSPS) is 11.8. The highest BCUT2D eigenvalue weighted by Gasteiger charge is 2.17. The maximum Gasteiger partial charge on any atom is 0.337 e. The fourth-order valence-electron chi connectivity index (χ4n) is 1.79. The van der Waals surface area contributed by atoms with E-state index in [1.165, 1.54) is 12.1 Å². The van der Waals surface area contributed by atoms with Crippen molar-refractivity contribution in [3.8, 4) is 0 Å². The van der Waals surface area contributed by atoms with E-state index in [0.29, 0.717) is 0 Å². The van der Waals surface area contributed by atoms with Crippen LogP contribution in [-0.4, -0.2) is 23.1 Å². The molecule has 1 rings (SSSR count). The predicted octanol–water partition coefficient (Wildman–Crippen LogP) is 3.22. The summed E-state index contributed by atoms with van der Waals surface area (Å²) in [5, 5.41) is 13.9. The van der Waals surface area contributed by atoms with Crippen molar-refractivity contribution in [1.29, 1.82) is 0 Å². The van der Waals surface area contributed by atoms with Gasteiger partial charge < -0.3 is 15.7 Å². The number of rotatable bonds is 6. The Hall–Kier alpha value is -2.11. The Labute approximate surface area is 117 Å². The van der Waals surface area contributed by atoms with Gasteiger partial charge >= 0.3 is 12.0 Å². The number of hydrogen-bond donors (Lipinski definition) is 3. The summed E-state index contributed by atoms with van der Waals surface area (Å²) in [5.74, 6) is -2.07. The second kappa shape index (κ2) is 7.47. The number of hydrogen-bond acceptors (Lipinski definition) is 2. The quantitative estimate of drug-likeness (QED) is 0.749. The molecular weight excluding hydrogens is 263 g/mol. The second-order valence-corrected chi connectivity index (χ2v) is 4.61. The van der Waals surface area contributed by atoms with Gasteiger partial charge in [0.15, 0.2) is 0 Å². The number of urea groups is 1. The Morgan fingerprint density at radius 1 is 1.40 bits per heavy atom. The van der Waals surface area contributed by atoms with Crippen LogP contribution in [0.2, 0.25) is 0 Å². The molecule has 1 aromatic rings. The van der Waals surface area contributed by atoms with Crippen LogP contribution in [0, 0.1) is 5.82 Å². The van der Waals surface area contributed by atoms with E-state index in [1.807, 2.05) is 13.8 Å². The first-order chi connectivity index (χ1) is 9.45. The van der Waals surface area contributed by atoms with E-state index in [-0.39, 0.29) is 17.3 Å². The molecule has 0 spiro atoms. The van der Waals surface area contributed by atoms with Gasteiger partial charge in [0.1, 0.15) is 5.82 Å². The minimum atomic E-state index is -1.29. The topological polar surface area (TPSA) is 78.4 Å². The highest BCUT2D eigenvalue weighted by Crippen LogP contribution is 2.19. The minimum Gasteiger partial charge on any atom is -0.478 e. The molecule has 0 aromatic heterocycles. The molecule has 0 aliphatic heterocycles. The number of para-hydroxylation sites is 1. The summed E-state index contributed by atoms with van der Waals surface area (Å²) in [6, 6.07) is 2.95. The molecule has 0 bridgehead atoms. The Balaban J connectivity index is 2.73. The number of carboxylic acids is 1. The first-order valence-corrected chi connectivity index (χ1v) is 6.55. The Bertz CT molecular complexity index is 491. The molecule has 0 fully saturated rings. The van der Waals surface area contributed by atoms with Crippen LogP contribution in [0.1, 0.15) is 43.5 Å². The third-order valence-corrected chi connectivity index (χ3v) is 2.85. The summed E-state index contributed by atoms with van der Waals surface area (Å²) in [5.41, 5.74) is -0.596. The van der Waals surface area contributed by atoms with Crippen molar-refractivity contribution in [2.75, 3.05) is 5.32 Å². The summed E-state index contributed by atoms with van der Waals surface area (Å²) in [4.78, 5) is 22.7. The molecule has 2 amide bonds. The SMILES string of the molecule is CCCCC(C)NC(=O)Nc1c(F)cccc1C(=O)O. The molecule has 1 unspecified atom stereocenters. The van der Waals surface area contributed by atoms with Gasteiger partial charge in [-0.2, -0.15) is 0 Å². The standard InChI is InChI=1S/C14H19FN2O3/c1-3-4-6-9(2)16-14(20)17-12-10(13(18)19)7-5-8-11(12)15/h5,7-9H,3-4,6H2,1-2H3,(H,18,19)(H2,16,17,20). The van der Waals surface area contributed by atoms with Gasteiger partial charge in [-0.1, -0.05) is 25.8 Å². The van der Waals surface area contributed by atoms with E-state index in [0.717, 1.165) is 25.3 Å². The number of unbranched alkanes of at least 4 members (excludes halogenated alkanes) is 1. The van der Waals surface area contributed by atoms with Crippen molar-refractivity contribution in [2.24, 2.45) is 0 Å². The molecule has 3 N–H and O–H groups in total. The van der Waals surface area contributed by atoms with Crippen molar-refractivity contribution in [1.82, 2.24) is 5.32 Å². The number of carbonyl (C=O) groups is 2. The van der Waals surface area contributed by atoms with Crippen molar-refractivity contribution in [2.45, 2.75) is 39.2 Å². The number of carboxylic acid groups (broad SMARTS) is 1. The minimum absolute atomic E-state index is 0.0602. The van der Waals surface area contributed by atoms with Crippen LogP contribution < -0.4 is 10.6 Å². The molecule has 6 heteroatoms. The molecule has 0 aliphatic rings. The van der Waals surface area contributed by atoms with Gasteiger partial charge in [-0.25, -0.2) is 14.0 Å². The molecule has 0 aliphatic carbocycles. The lowest BCUT2D eigenvalue weighted by atomic mass is 10.1. The van der Waals surface area contributed by atoms with Crippen molar-refractivity contribution in [3.05, 3.63) is 29.6 Å². The Morgan fingerprint density at radius 2 is 2.10 bits per heavy atom. The lowest BCUT2D eigenvalue weighted by molar-refractivity contribution is 0.0697. The summed E-state index contributed by atoms with van der Waals surface area (Å²) in [7, 11) is 0. The summed E-state index contributed by atoms with van der Waals surface area (Å²) >= 11 is 0.